The van der Waals surface area contributed by atoms with E-state index in [0.717, 1.165) is 27.9 Å². The second-order valence-electron chi connectivity index (χ2n) is 8.02. The summed E-state index contributed by atoms with van der Waals surface area (Å²) in [5.74, 6) is -0.594. The van der Waals surface area contributed by atoms with Crippen LogP contribution in [-0.4, -0.2) is 32.2 Å². The number of fused-ring (bicyclic) bond motifs is 1. The number of nitrogens with zero attached hydrogens (tertiary/aromatic N) is 3. The maximum absolute atomic E-state index is 13.3. The Morgan fingerprint density at radius 1 is 0.917 bits per heavy atom. The highest BCUT2D eigenvalue weighted by molar-refractivity contribution is 7.16. The highest BCUT2D eigenvalue weighted by Gasteiger charge is 2.15. The Labute approximate surface area is 210 Å². The van der Waals surface area contributed by atoms with Crippen molar-refractivity contribution in [2.24, 2.45) is 0 Å². The van der Waals surface area contributed by atoms with E-state index in [0.29, 0.717) is 26.6 Å². The van der Waals surface area contributed by atoms with Gasteiger partial charge in [-0.2, -0.15) is 5.10 Å². The molecule has 0 bridgehead atoms. The summed E-state index contributed by atoms with van der Waals surface area (Å²) in [7, 11) is 0. The molecule has 0 saturated heterocycles. The normalized spacial score (nSPS) is 11.1. The molecule has 0 atom stereocenters. The van der Waals surface area contributed by atoms with Crippen molar-refractivity contribution in [3.8, 4) is 0 Å². The smallest absolute Gasteiger partial charge is 0.265 e. The summed E-state index contributed by atoms with van der Waals surface area (Å²) in [5.41, 5.74) is 3.03. The Morgan fingerprint density at radius 3 is 2.53 bits per heavy atom. The molecule has 1 N–H and O–H groups in total. The first-order chi connectivity index (χ1) is 17.5. The minimum absolute atomic E-state index is 0.0859. The molecule has 3 aromatic heterocycles. The Balaban J connectivity index is 1.37. The number of amides is 1. The van der Waals surface area contributed by atoms with E-state index >= 15 is 0 Å². The zero-order valence-electron chi connectivity index (χ0n) is 19.2. The monoisotopic (exact) mass is 492 g/mol. The molecular weight excluding hydrogens is 472 g/mol. The molecule has 5 rings (SSSR count). The van der Waals surface area contributed by atoms with Gasteiger partial charge in [-0.15, -0.1) is 11.3 Å². The fourth-order valence-electron chi connectivity index (χ4n) is 3.67. The molecular formula is C28H20N4O3S. The van der Waals surface area contributed by atoms with Gasteiger partial charge in [-0.25, -0.2) is 4.68 Å². The molecule has 8 heteroatoms. The molecule has 0 aliphatic carbocycles. The van der Waals surface area contributed by atoms with Gasteiger partial charge in [0.05, 0.1) is 27.2 Å². The lowest BCUT2D eigenvalue weighted by Crippen LogP contribution is -2.11. The minimum Gasteiger partial charge on any atom is -0.321 e. The van der Waals surface area contributed by atoms with Gasteiger partial charge in [0.2, 0.25) is 0 Å². The van der Waals surface area contributed by atoms with Crippen LogP contribution >= 0.6 is 11.3 Å². The summed E-state index contributed by atoms with van der Waals surface area (Å²) >= 11 is 1.14. The summed E-state index contributed by atoms with van der Waals surface area (Å²) in [5, 5.41) is 8.10. The molecule has 3 heterocycles. The van der Waals surface area contributed by atoms with E-state index in [9.17, 15) is 14.4 Å². The van der Waals surface area contributed by atoms with Gasteiger partial charge in [-0.3, -0.25) is 19.4 Å². The molecule has 36 heavy (non-hydrogen) atoms. The van der Waals surface area contributed by atoms with E-state index in [4.69, 9.17) is 0 Å². The molecule has 2 aromatic carbocycles. The van der Waals surface area contributed by atoms with E-state index in [1.165, 1.54) is 6.92 Å². The fourth-order valence-corrected chi connectivity index (χ4v) is 4.46. The van der Waals surface area contributed by atoms with Crippen molar-refractivity contribution >= 4 is 57.7 Å². The van der Waals surface area contributed by atoms with Gasteiger partial charge in [0.15, 0.2) is 11.6 Å². The number of carbonyl (C=O) groups excluding carboxylic acids is 3. The maximum atomic E-state index is 13.3. The van der Waals surface area contributed by atoms with Crippen molar-refractivity contribution in [3.63, 3.8) is 0 Å². The number of rotatable bonds is 7. The van der Waals surface area contributed by atoms with Gasteiger partial charge in [-0.05, 0) is 55.5 Å². The lowest BCUT2D eigenvalue weighted by Gasteiger charge is -2.07. The Bertz CT molecular complexity index is 1630. The molecule has 0 radical (unpaired) electrons. The van der Waals surface area contributed by atoms with Crippen LogP contribution in [0.25, 0.3) is 23.2 Å². The third kappa shape index (κ3) is 4.89. The molecule has 176 valence electrons. The highest BCUT2D eigenvalue weighted by Crippen LogP contribution is 2.22. The van der Waals surface area contributed by atoms with E-state index < -0.39 is 0 Å². The SMILES string of the molecule is CC(=O)c1ccc(C(=O)Nc2cccc(C(=O)c3ccc4cnn(C=Cc5ccccn5)c4c3)c2)s1. The summed E-state index contributed by atoms with van der Waals surface area (Å²) < 4.78 is 1.70. The van der Waals surface area contributed by atoms with Gasteiger partial charge in [0, 0.05) is 34.6 Å². The second-order valence-corrected chi connectivity index (χ2v) is 9.10. The number of Topliss-reactive ketones (excluding diaryl/α,β-unsaturated/α-hetero) is 1. The van der Waals surface area contributed by atoms with Gasteiger partial charge in [-0.1, -0.05) is 30.3 Å². The quantitative estimate of drug-likeness (QED) is 0.290. The van der Waals surface area contributed by atoms with Crippen molar-refractivity contribution in [3.05, 3.63) is 112 Å². The number of nitrogens with one attached hydrogen (secondary N) is 1. The zero-order valence-corrected chi connectivity index (χ0v) is 20.0. The molecule has 0 saturated carbocycles. The summed E-state index contributed by atoms with van der Waals surface area (Å²) in [6, 6.07) is 21.1. The van der Waals surface area contributed by atoms with Crippen LogP contribution in [0.1, 0.15) is 47.9 Å². The van der Waals surface area contributed by atoms with Crippen molar-refractivity contribution in [2.75, 3.05) is 5.32 Å². The largest absolute Gasteiger partial charge is 0.321 e. The number of hydrogen-bond donors (Lipinski definition) is 1. The molecule has 0 unspecified atom stereocenters. The Kier molecular flexibility index (Phi) is 6.34. The van der Waals surface area contributed by atoms with E-state index in [-0.39, 0.29) is 17.5 Å². The number of aromatic nitrogens is 3. The van der Waals surface area contributed by atoms with Crippen molar-refractivity contribution in [1.29, 1.82) is 0 Å². The summed E-state index contributed by atoms with van der Waals surface area (Å²) in [6.07, 6.45) is 7.11. The molecule has 0 aliphatic rings. The predicted octanol–water partition coefficient (Wildman–Crippen LogP) is 5.81. The third-order valence-electron chi connectivity index (χ3n) is 5.49. The first-order valence-electron chi connectivity index (χ1n) is 11.1. The topological polar surface area (TPSA) is 94.0 Å². The van der Waals surface area contributed by atoms with Crippen LogP contribution in [-0.2, 0) is 0 Å². The van der Waals surface area contributed by atoms with Crippen LogP contribution in [0.5, 0.6) is 0 Å². The molecule has 0 fully saturated rings. The predicted molar refractivity (Wildman–Crippen MR) is 141 cm³/mol. The number of thiophene rings is 1. The standard InChI is InChI=1S/C28H20N4O3S/c1-18(33)25-10-11-26(36-25)28(35)31-23-7-4-5-19(15-23)27(34)20-8-9-21-17-30-32(24(21)16-20)14-12-22-6-2-3-13-29-22/h2-17H,1H3,(H,31,35). The van der Waals surface area contributed by atoms with Gasteiger partial charge >= 0.3 is 0 Å². The van der Waals surface area contributed by atoms with Crippen LogP contribution in [0.2, 0.25) is 0 Å². The lowest BCUT2D eigenvalue weighted by atomic mass is 10.0. The number of carbonyl (C=O) groups is 3. The second kappa shape index (κ2) is 9.89. The van der Waals surface area contributed by atoms with E-state index in [1.807, 2.05) is 30.3 Å². The number of ketones is 2. The van der Waals surface area contributed by atoms with Crippen LogP contribution in [0.15, 0.2) is 85.2 Å². The molecule has 7 nitrogen and oxygen atoms in total. The minimum atomic E-state index is -0.331. The maximum Gasteiger partial charge on any atom is 0.265 e. The Hall–Kier alpha value is -4.69. The van der Waals surface area contributed by atoms with E-state index in [2.05, 4.69) is 15.4 Å². The molecule has 5 aromatic rings. The Morgan fingerprint density at radius 2 is 1.75 bits per heavy atom. The number of benzene rings is 2. The average Bonchev–Trinajstić information content (AvgIpc) is 3.55. The first kappa shape index (κ1) is 23.1. The summed E-state index contributed by atoms with van der Waals surface area (Å²) in [4.78, 5) is 42.6. The van der Waals surface area contributed by atoms with Gasteiger partial charge in [0.1, 0.15) is 0 Å². The van der Waals surface area contributed by atoms with Crippen LogP contribution in [0.3, 0.4) is 0 Å². The summed E-state index contributed by atoms with van der Waals surface area (Å²) in [6.45, 7) is 1.46. The van der Waals surface area contributed by atoms with Gasteiger partial charge < -0.3 is 5.32 Å². The lowest BCUT2D eigenvalue weighted by molar-refractivity contribution is 0.101. The zero-order chi connectivity index (χ0) is 25.1. The molecule has 0 spiro atoms. The third-order valence-corrected chi connectivity index (χ3v) is 6.68. The van der Waals surface area contributed by atoms with E-state index in [1.54, 1.807) is 71.8 Å². The van der Waals surface area contributed by atoms with Crippen LogP contribution < -0.4 is 5.32 Å². The first-order valence-corrected chi connectivity index (χ1v) is 11.9. The van der Waals surface area contributed by atoms with Crippen molar-refractivity contribution in [2.45, 2.75) is 6.92 Å². The molecule has 0 aliphatic heterocycles. The number of pyridine rings is 1. The molecule has 1 amide bonds. The van der Waals surface area contributed by atoms with Crippen LogP contribution in [0, 0.1) is 0 Å². The van der Waals surface area contributed by atoms with Gasteiger partial charge in [0.25, 0.3) is 5.91 Å². The van der Waals surface area contributed by atoms with Crippen LogP contribution in [0.4, 0.5) is 5.69 Å². The number of anilines is 1. The average molecular weight is 493 g/mol. The van der Waals surface area contributed by atoms with Crippen molar-refractivity contribution < 1.29 is 14.4 Å². The van der Waals surface area contributed by atoms with Crippen molar-refractivity contribution in [1.82, 2.24) is 14.8 Å². The fraction of sp³-hybridized carbons (Fsp3) is 0.0357. The number of hydrogen-bond acceptors (Lipinski definition) is 6. The highest BCUT2D eigenvalue weighted by atomic mass is 32.1.